The molecule has 0 unspecified atom stereocenters. The zero-order valence-electron chi connectivity index (χ0n) is 11.6. The number of aryl methyl sites for hydroxylation is 1. The monoisotopic (exact) mass is 294 g/mol. The van der Waals surface area contributed by atoms with Crippen molar-refractivity contribution in [2.24, 2.45) is 0 Å². The van der Waals surface area contributed by atoms with Gasteiger partial charge in [0.15, 0.2) is 5.16 Å². The number of thiazole rings is 1. The van der Waals surface area contributed by atoms with Crippen molar-refractivity contribution in [3.63, 3.8) is 0 Å². The van der Waals surface area contributed by atoms with E-state index in [1.165, 1.54) is 0 Å². The Morgan fingerprint density at radius 2 is 2.00 bits per heavy atom. The van der Waals surface area contributed by atoms with E-state index in [0.29, 0.717) is 11.0 Å². The van der Waals surface area contributed by atoms with E-state index in [9.17, 15) is 0 Å². The molecule has 0 saturated heterocycles. The van der Waals surface area contributed by atoms with Gasteiger partial charge in [-0.1, -0.05) is 32.5 Å². The van der Waals surface area contributed by atoms with Gasteiger partial charge in [0.2, 0.25) is 0 Å². The maximum Gasteiger partial charge on any atom is 0.190 e. The van der Waals surface area contributed by atoms with Gasteiger partial charge in [-0.05, 0) is 6.92 Å². The van der Waals surface area contributed by atoms with Crippen LogP contribution in [0.4, 0.5) is 5.82 Å². The lowest BCUT2D eigenvalue weighted by Gasteiger charge is -2.13. The molecule has 4 nitrogen and oxygen atoms in total. The Bertz CT molecular complexity index is 552. The Hall–Kier alpha value is -1.14. The van der Waals surface area contributed by atoms with Gasteiger partial charge in [0.25, 0.3) is 0 Å². The number of nitrogen functional groups attached to an aromatic ring is 1. The van der Waals surface area contributed by atoms with E-state index in [1.807, 2.05) is 6.92 Å². The van der Waals surface area contributed by atoms with Crippen molar-refractivity contribution in [3.05, 3.63) is 27.8 Å². The van der Waals surface area contributed by atoms with Crippen LogP contribution in [0.25, 0.3) is 0 Å². The van der Waals surface area contributed by atoms with E-state index >= 15 is 0 Å². The SMILES string of the molecule is Cc1cc(N)nc(SCc2csc(C(C)(C)C)n2)n1. The number of aromatic nitrogens is 3. The zero-order valence-corrected chi connectivity index (χ0v) is 13.2. The average molecular weight is 294 g/mol. The Morgan fingerprint density at radius 1 is 1.26 bits per heavy atom. The lowest BCUT2D eigenvalue weighted by atomic mass is 9.98. The summed E-state index contributed by atoms with van der Waals surface area (Å²) in [6.07, 6.45) is 0. The number of anilines is 1. The molecule has 0 fully saturated rings. The van der Waals surface area contributed by atoms with Crippen LogP contribution < -0.4 is 5.73 Å². The molecule has 0 aliphatic heterocycles. The Kier molecular flexibility index (Phi) is 4.10. The molecule has 0 bridgehead atoms. The van der Waals surface area contributed by atoms with E-state index in [4.69, 9.17) is 5.73 Å². The molecular formula is C13H18N4S2. The van der Waals surface area contributed by atoms with Crippen molar-refractivity contribution in [2.75, 3.05) is 5.73 Å². The molecule has 0 spiro atoms. The summed E-state index contributed by atoms with van der Waals surface area (Å²) in [4.78, 5) is 13.2. The van der Waals surface area contributed by atoms with Gasteiger partial charge in [-0.3, -0.25) is 0 Å². The lowest BCUT2D eigenvalue weighted by Crippen LogP contribution is -2.10. The largest absolute Gasteiger partial charge is 0.384 e. The minimum absolute atomic E-state index is 0.109. The molecule has 6 heteroatoms. The predicted octanol–water partition coefficient (Wildman–Crippen LogP) is 3.41. The van der Waals surface area contributed by atoms with E-state index in [2.05, 4.69) is 41.1 Å². The molecule has 2 aromatic rings. The first-order valence-electron chi connectivity index (χ1n) is 6.03. The standard InChI is InChI=1S/C13H18N4S2/c1-8-5-10(14)17-12(15-8)19-7-9-6-18-11(16-9)13(2,3)4/h5-6H,7H2,1-4H3,(H2,14,15,17). The van der Waals surface area contributed by atoms with Gasteiger partial charge in [0.05, 0.1) is 10.7 Å². The van der Waals surface area contributed by atoms with Gasteiger partial charge in [0.1, 0.15) is 5.82 Å². The second kappa shape index (κ2) is 5.46. The van der Waals surface area contributed by atoms with E-state index in [0.717, 1.165) is 22.1 Å². The summed E-state index contributed by atoms with van der Waals surface area (Å²) in [5.41, 5.74) is 7.79. The second-order valence-electron chi connectivity index (χ2n) is 5.40. The molecular weight excluding hydrogens is 276 g/mol. The Morgan fingerprint density at radius 3 is 2.58 bits per heavy atom. The fourth-order valence-corrected chi connectivity index (χ4v) is 3.30. The number of nitrogens with two attached hydrogens (primary N) is 1. The van der Waals surface area contributed by atoms with Crippen LogP contribution in [0.5, 0.6) is 0 Å². The molecule has 19 heavy (non-hydrogen) atoms. The molecule has 0 aliphatic carbocycles. The van der Waals surface area contributed by atoms with Crippen molar-refractivity contribution in [3.8, 4) is 0 Å². The van der Waals surface area contributed by atoms with Crippen LogP contribution in [0.15, 0.2) is 16.6 Å². The Labute approximate surface area is 121 Å². The summed E-state index contributed by atoms with van der Waals surface area (Å²) in [6, 6.07) is 1.77. The molecule has 0 saturated carbocycles. The van der Waals surface area contributed by atoms with Crippen molar-refractivity contribution < 1.29 is 0 Å². The molecule has 102 valence electrons. The summed E-state index contributed by atoms with van der Waals surface area (Å²) in [5, 5.41) is 3.97. The van der Waals surface area contributed by atoms with Gasteiger partial charge < -0.3 is 5.73 Å². The van der Waals surface area contributed by atoms with Gasteiger partial charge in [0, 0.05) is 28.3 Å². The van der Waals surface area contributed by atoms with Crippen molar-refractivity contribution in [1.82, 2.24) is 15.0 Å². The fourth-order valence-electron chi connectivity index (χ4n) is 1.49. The van der Waals surface area contributed by atoms with Crippen LogP contribution in [0.1, 0.15) is 37.2 Å². The molecule has 2 heterocycles. The summed E-state index contributed by atoms with van der Waals surface area (Å²) in [7, 11) is 0. The molecule has 0 aromatic carbocycles. The summed E-state index contributed by atoms with van der Waals surface area (Å²) < 4.78 is 0. The highest BCUT2D eigenvalue weighted by atomic mass is 32.2. The zero-order chi connectivity index (χ0) is 14.0. The maximum atomic E-state index is 5.71. The third kappa shape index (κ3) is 3.91. The van der Waals surface area contributed by atoms with Gasteiger partial charge in [-0.25, -0.2) is 15.0 Å². The van der Waals surface area contributed by atoms with Crippen LogP contribution in [0, 0.1) is 6.92 Å². The predicted molar refractivity (Wildman–Crippen MR) is 81.6 cm³/mol. The van der Waals surface area contributed by atoms with Crippen LogP contribution in [-0.2, 0) is 11.2 Å². The summed E-state index contributed by atoms with van der Waals surface area (Å²) in [6.45, 7) is 8.44. The maximum absolute atomic E-state index is 5.71. The number of thioether (sulfide) groups is 1. The minimum atomic E-state index is 0.109. The highest BCUT2D eigenvalue weighted by molar-refractivity contribution is 7.98. The molecule has 2 aromatic heterocycles. The van der Waals surface area contributed by atoms with Gasteiger partial charge in [-0.2, -0.15) is 0 Å². The molecule has 2 N–H and O–H groups in total. The number of hydrogen-bond acceptors (Lipinski definition) is 6. The molecule has 0 aliphatic rings. The Balaban J connectivity index is 2.04. The quantitative estimate of drug-likeness (QED) is 0.694. The number of rotatable bonds is 3. The van der Waals surface area contributed by atoms with Crippen LogP contribution in [0.3, 0.4) is 0 Å². The van der Waals surface area contributed by atoms with Crippen molar-refractivity contribution >= 4 is 28.9 Å². The lowest BCUT2D eigenvalue weighted by molar-refractivity contribution is 0.584. The third-order valence-electron chi connectivity index (χ3n) is 2.40. The normalized spacial score (nSPS) is 11.8. The van der Waals surface area contributed by atoms with E-state index in [1.54, 1.807) is 29.2 Å². The van der Waals surface area contributed by atoms with Gasteiger partial charge >= 0.3 is 0 Å². The summed E-state index contributed by atoms with van der Waals surface area (Å²) >= 11 is 3.28. The third-order valence-corrected chi connectivity index (χ3v) is 4.59. The first kappa shape index (κ1) is 14.3. The average Bonchev–Trinajstić information content (AvgIpc) is 2.73. The smallest absolute Gasteiger partial charge is 0.190 e. The number of hydrogen-bond donors (Lipinski definition) is 1. The van der Waals surface area contributed by atoms with E-state index < -0.39 is 0 Å². The van der Waals surface area contributed by atoms with E-state index in [-0.39, 0.29) is 5.41 Å². The number of nitrogens with zero attached hydrogens (tertiary/aromatic N) is 3. The highest BCUT2D eigenvalue weighted by Gasteiger charge is 2.18. The van der Waals surface area contributed by atoms with Crippen molar-refractivity contribution in [1.29, 1.82) is 0 Å². The van der Waals surface area contributed by atoms with Crippen LogP contribution >= 0.6 is 23.1 Å². The highest BCUT2D eigenvalue weighted by Crippen LogP contribution is 2.28. The molecule has 2 rings (SSSR count). The first-order valence-corrected chi connectivity index (χ1v) is 7.90. The molecule has 0 atom stereocenters. The summed E-state index contributed by atoms with van der Waals surface area (Å²) in [5.74, 6) is 1.29. The fraction of sp³-hybridized carbons (Fsp3) is 0.462. The molecule has 0 amide bonds. The molecule has 0 radical (unpaired) electrons. The van der Waals surface area contributed by atoms with Gasteiger partial charge in [-0.15, -0.1) is 11.3 Å². The van der Waals surface area contributed by atoms with Crippen LogP contribution in [0.2, 0.25) is 0 Å². The van der Waals surface area contributed by atoms with Crippen molar-refractivity contribution in [2.45, 2.75) is 44.0 Å². The second-order valence-corrected chi connectivity index (χ2v) is 7.20. The first-order chi connectivity index (χ1) is 8.84. The van der Waals surface area contributed by atoms with Crippen LogP contribution in [-0.4, -0.2) is 15.0 Å². The minimum Gasteiger partial charge on any atom is -0.384 e. The topological polar surface area (TPSA) is 64.7 Å².